The fraction of sp³-hybridized carbons (Fsp3) is 0.708. The Hall–Kier alpha value is 1.37. The van der Waals surface area contributed by atoms with Crippen LogP contribution in [0.3, 0.4) is 0 Å². The summed E-state index contributed by atoms with van der Waals surface area (Å²) < 4.78 is 0. The smallest absolute Gasteiger partial charge is 0.149 e. The Bertz CT molecular complexity index is 1370. The molecule has 0 aromatic heterocycles. The quantitative estimate of drug-likeness (QED) is 0.0402. The van der Waals surface area contributed by atoms with Crippen molar-refractivity contribution in [2.45, 2.75) is 222 Å². The van der Waals surface area contributed by atoms with Crippen LogP contribution in [-0.2, 0) is 65.4 Å². The minimum Gasteiger partial charge on any atom is -0.368 e. The van der Waals surface area contributed by atoms with Gasteiger partial charge in [-0.05, 0) is 36.3 Å². The summed E-state index contributed by atoms with van der Waals surface area (Å²) in [6.07, 6.45) is -0.211. The molecule has 2 aromatic rings. The first-order chi connectivity index (χ1) is 27.3. The summed E-state index contributed by atoms with van der Waals surface area (Å²) in [6, 6.07) is 4.66. The maximum atomic E-state index is 8.48. The van der Waals surface area contributed by atoms with Crippen LogP contribution in [0.25, 0.3) is 0 Å². The van der Waals surface area contributed by atoms with Crippen LogP contribution >= 0.6 is 0 Å². The number of hydrogen-bond donors (Lipinski definition) is 8. The molecule has 0 heterocycles. The van der Waals surface area contributed by atoms with Gasteiger partial charge in [0.05, 0.1) is 0 Å². The van der Waals surface area contributed by atoms with Crippen LogP contribution in [0.2, 0.25) is 141 Å². The monoisotopic (exact) mass is 1150 g/mol. The minimum absolute atomic E-state index is 0. The SMILES string of the molecule is C=CC[Si](C)(C)[c-]1c(C)c(C)c(C)c1C.C=CC[Si](C)(C)[c-]1c(C)c(C)c(C)c1C.C[Si](C)(C)CC(O)O.C[Si](C)(C)CC(O)O.C[Si](C)(C)CC(O)O.C[Si](C)(C)CC(O)O.[Y].[Y]. The molecule has 2 rings (SSSR count). The Labute approximate surface area is 451 Å². The molecular formula is C48H102O8Si6Y2-2. The second-order valence-electron chi connectivity index (χ2n) is 23.5. The van der Waals surface area contributed by atoms with Gasteiger partial charge >= 0.3 is 0 Å². The average Bonchev–Trinajstić information content (AvgIpc) is 3.31. The fourth-order valence-electron chi connectivity index (χ4n) is 7.58. The summed E-state index contributed by atoms with van der Waals surface area (Å²) in [5.41, 5.74) is 12.1. The predicted molar refractivity (Wildman–Crippen MR) is 292 cm³/mol. The second kappa shape index (κ2) is 33.9. The van der Waals surface area contributed by atoms with Crippen LogP contribution in [0.1, 0.15) is 44.5 Å². The Morgan fingerprint density at radius 3 is 0.578 bits per heavy atom. The van der Waals surface area contributed by atoms with Gasteiger partial charge in [0.15, 0.2) is 0 Å². The zero-order valence-electron chi connectivity index (χ0n) is 45.9. The topological polar surface area (TPSA) is 162 Å². The Balaban J connectivity index is -0.000000161. The number of hydrogen-bond acceptors (Lipinski definition) is 8. The fourth-order valence-corrected chi connectivity index (χ4v) is 18.6. The number of aliphatic hydroxyl groups is 8. The maximum Gasteiger partial charge on any atom is 0.149 e. The van der Waals surface area contributed by atoms with Crippen molar-refractivity contribution in [1.29, 1.82) is 0 Å². The first-order valence-electron chi connectivity index (χ1n) is 22.5. The van der Waals surface area contributed by atoms with Gasteiger partial charge < -0.3 is 40.9 Å². The molecule has 0 unspecified atom stereocenters. The molecule has 374 valence electrons. The Morgan fingerprint density at radius 2 is 0.500 bits per heavy atom. The van der Waals surface area contributed by atoms with Crippen molar-refractivity contribution in [2.75, 3.05) is 0 Å². The van der Waals surface area contributed by atoms with Crippen LogP contribution in [0, 0.1) is 55.4 Å². The normalized spacial score (nSPS) is 11.9. The van der Waals surface area contributed by atoms with Crippen molar-refractivity contribution >= 4 is 58.8 Å². The van der Waals surface area contributed by atoms with Gasteiger partial charge in [-0.1, -0.05) is 172 Å². The van der Waals surface area contributed by atoms with Crippen LogP contribution in [0.5, 0.6) is 0 Å². The van der Waals surface area contributed by atoms with Gasteiger partial charge in [-0.25, -0.2) is 0 Å². The molecular weight excluding hydrogens is 1050 g/mol. The molecule has 0 atom stereocenters. The summed E-state index contributed by atoms with van der Waals surface area (Å²) in [6.45, 7) is 60.9. The van der Waals surface area contributed by atoms with Crippen molar-refractivity contribution in [3.05, 3.63) is 69.8 Å². The first-order valence-corrected chi connectivity index (χ1v) is 43.7. The predicted octanol–water partition coefficient (Wildman–Crippen LogP) is 10.0. The van der Waals surface area contributed by atoms with E-state index in [4.69, 9.17) is 40.9 Å². The van der Waals surface area contributed by atoms with E-state index >= 15 is 0 Å². The first kappa shape index (κ1) is 76.8. The van der Waals surface area contributed by atoms with E-state index in [1.807, 2.05) is 0 Å². The third-order valence-electron chi connectivity index (χ3n) is 10.7. The van der Waals surface area contributed by atoms with E-state index in [2.05, 4.69) is 185 Å². The second-order valence-corrected chi connectivity index (χ2v) is 55.0. The molecule has 2 radical (unpaired) electrons. The van der Waals surface area contributed by atoms with Crippen molar-refractivity contribution in [1.82, 2.24) is 0 Å². The van der Waals surface area contributed by atoms with Gasteiger partial charge in [-0.3, -0.25) is 0 Å². The van der Waals surface area contributed by atoms with Crippen LogP contribution in [-0.4, -0.2) is 114 Å². The van der Waals surface area contributed by atoms with Crippen molar-refractivity contribution < 1.29 is 106 Å². The molecule has 0 aliphatic carbocycles. The molecule has 8 N–H and O–H groups in total. The van der Waals surface area contributed by atoms with E-state index in [-0.39, 0.29) is 65.4 Å². The van der Waals surface area contributed by atoms with Gasteiger partial charge in [0.25, 0.3) is 0 Å². The molecule has 0 fully saturated rings. The van der Waals surface area contributed by atoms with Crippen molar-refractivity contribution in [3.8, 4) is 0 Å². The summed E-state index contributed by atoms with van der Waals surface area (Å²) in [4.78, 5) is 0. The van der Waals surface area contributed by atoms with Gasteiger partial charge in [0, 0.05) is 114 Å². The van der Waals surface area contributed by atoms with Gasteiger partial charge in [-0.2, -0.15) is 54.9 Å². The number of rotatable bonds is 14. The summed E-state index contributed by atoms with van der Waals surface area (Å²) in [5, 5.41) is 71.2. The molecule has 0 spiro atoms. The number of allylic oxidation sites excluding steroid dienone is 2. The molecule has 64 heavy (non-hydrogen) atoms. The molecule has 0 aliphatic heterocycles. The maximum absolute atomic E-state index is 8.48. The van der Waals surface area contributed by atoms with E-state index < -0.39 is 73.6 Å². The standard InChI is InChI=1S/2C14H23Si.4C5H14O2Si.2Y/c2*1-8-9-15(6,7)14-12(4)10(2)11(3)13(14)5;4*1-8(2,3)4-5(6)7;;/h2*8H,1,9H2,2-7H3;4*5-7H,4H2,1-3H3;;/q2*-1;;;;;;. The van der Waals surface area contributed by atoms with E-state index in [0.717, 1.165) is 0 Å². The summed E-state index contributed by atoms with van der Waals surface area (Å²) >= 11 is 0. The molecule has 8 nitrogen and oxygen atoms in total. The zero-order chi connectivity index (χ0) is 50.7. The van der Waals surface area contributed by atoms with Crippen LogP contribution < -0.4 is 10.4 Å². The largest absolute Gasteiger partial charge is 0.368 e. The Morgan fingerprint density at radius 1 is 0.359 bits per heavy atom. The molecule has 2 aromatic carbocycles. The molecule has 0 bridgehead atoms. The van der Waals surface area contributed by atoms with E-state index in [1.54, 1.807) is 10.4 Å². The molecule has 0 amide bonds. The van der Waals surface area contributed by atoms with E-state index in [1.165, 1.54) is 56.6 Å². The van der Waals surface area contributed by atoms with Crippen LogP contribution in [0.4, 0.5) is 0 Å². The molecule has 0 saturated carbocycles. The zero-order valence-corrected chi connectivity index (χ0v) is 57.5. The van der Waals surface area contributed by atoms with Gasteiger partial charge in [0.2, 0.25) is 0 Å². The Kier molecular flexibility index (Phi) is 40.7. The third-order valence-corrected chi connectivity index (χ3v) is 23.9. The third kappa shape index (κ3) is 37.2. The summed E-state index contributed by atoms with van der Waals surface area (Å²) in [5.74, 6) is 0. The van der Waals surface area contributed by atoms with E-state index in [9.17, 15) is 0 Å². The van der Waals surface area contributed by atoms with E-state index in [0.29, 0.717) is 24.2 Å². The van der Waals surface area contributed by atoms with Crippen molar-refractivity contribution in [3.63, 3.8) is 0 Å². The molecule has 0 saturated heterocycles. The van der Waals surface area contributed by atoms with Gasteiger partial charge in [0.1, 0.15) is 25.2 Å². The van der Waals surface area contributed by atoms with Crippen LogP contribution in [0.15, 0.2) is 25.3 Å². The molecule has 0 aliphatic rings. The minimum atomic E-state index is -1.30. The summed E-state index contributed by atoms with van der Waals surface area (Å²) in [7, 11) is -7.48. The average molecular weight is 1150 g/mol. The number of aliphatic hydroxyl groups excluding tert-OH is 4. The van der Waals surface area contributed by atoms with Crippen molar-refractivity contribution in [2.24, 2.45) is 0 Å². The van der Waals surface area contributed by atoms with Gasteiger partial charge in [-0.15, -0.1) is 13.2 Å². The molecule has 16 heteroatoms.